The van der Waals surface area contributed by atoms with Gasteiger partial charge in [0.2, 0.25) is 11.8 Å². The van der Waals surface area contributed by atoms with Crippen LogP contribution in [0, 0.1) is 20.8 Å². The van der Waals surface area contributed by atoms with Gasteiger partial charge in [-0.25, -0.2) is 0 Å². The summed E-state index contributed by atoms with van der Waals surface area (Å²) in [5, 5.41) is 15.0. The van der Waals surface area contributed by atoms with Gasteiger partial charge in [-0.3, -0.25) is 9.59 Å². The van der Waals surface area contributed by atoms with Gasteiger partial charge in [-0.1, -0.05) is 43.0 Å². The molecule has 0 fully saturated rings. The topological polar surface area (TPSA) is 88.9 Å². The number of aromatic nitrogens is 3. The molecule has 0 bridgehead atoms. The summed E-state index contributed by atoms with van der Waals surface area (Å²) in [4.78, 5) is 25.1. The molecule has 0 radical (unpaired) electrons. The molecule has 2 N–H and O–H groups in total. The van der Waals surface area contributed by atoms with Crippen molar-refractivity contribution in [1.82, 2.24) is 14.8 Å². The Kier molecular flexibility index (Phi) is 8.27. The minimum Gasteiger partial charge on any atom is -0.326 e. The molecule has 0 aliphatic rings. The van der Waals surface area contributed by atoms with Crippen molar-refractivity contribution < 1.29 is 9.59 Å². The van der Waals surface area contributed by atoms with Gasteiger partial charge < -0.3 is 15.2 Å². The summed E-state index contributed by atoms with van der Waals surface area (Å²) < 4.78 is 1.88. The minimum atomic E-state index is -0.152. The maximum Gasteiger partial charge on any atom is 0.234 e. The number of carbonyl (C=O) groups is 2. The first kappa shape index (κ1) is 24.5. The van der Waals surface area contributed by atoms with Gasteiger partial charge >= 0.3 is 0 Å². The molecule has 0 aliphatic heterocycles. The predicted octanol–water partition coefficient (Wildman–Crippen LogP) is 4.70. The minimum absolute atomic E-state index is 0.0938. The molecule has 3 rings (SSSR count). The van der Waals surface area contributed by atoms with Gasteiger partial charge in [0.25, 0.3) is 0 Å². The monoisotopic (exact) mass is 465 g/mol. The van der Waals surface area contributed by atoms with E-state index in [9.17, 15) is 9.59 Å². The van der Waals surface area contributed by atoms with Crippen LogP contribution in [0.25, 0.3) is 0 Å². The Morgan fingerprint density at radius 2 is 1.73 bits per heavy atom. The summed E-state index contributed by atoms with van der Waals surface area (Å²) in [5.41, 5.74) is 6.10. The highest BCUT2D eigenvalue weighted by molar-refractivity contribution is 7.99. The fourth-order valence-electron chi connectivity index (χ4n) is 3.55. The molecule has 2 aromatic carbocycles. The summed E-state index contributed by atoms with van der Waals surface area (Å²) in [6.45, 7) is 10.7. The van der Waals surface area contributed by atoms with Crippen LogP contribution in [0.5, 0.6) is 0 Å². The van der Waals surface area contributed by atoms with Crippen molar-refractivity contribution in [2.24, 2.45) is 0 Å². The number of hydrogen-bond acceptors (Lipinski definition) is 5. The number of aryl methyl sites for hydroxylation is 4. The third-order valence-electron chi connectivity index (χ3n) is 5.56. The first-order valence-electron chi connectivity index (χ1n) is 11.1. The molecule has 8 heteroatoms. The van der Waals surface area contributed by atoms with Crippen LogP contribution in [0.2, 0.25) is 0 Å². The Bertz CT molecular complexity index is 1160. The summed E-state index contributed by atoms with van der Waals surface area (Å²) in [6.07, 6.45) is 0.964. The van der Waals surface area contributed by atoms with Crippen LogP contribution >= 0.6 is 11.8 Å². The van der Waals surface area contributed by atoms with Crippen molar-refractivity contribution in [2.45, 2.75) is 59.2 Å². The molecule has 3 aromatic rings. The number of thioether (sulfide) groups is 1. The number of hydrogen-bond donors (Lipinski definition) is 2. The smallest absolute Gasteiger partial charge is 0.234 e. The van der Waals surface area contributed by atoms with E-state index in [4.69, 9.17) is 0 Å². The van der Waals surface area contributed by atoms with Crippen LogP contribution in [0.4, 0.5) is 11.4 Å². The summed E-state index contributed by atoms with van der Waals surface area (Å²) in [7, 11) is 0. The van der Waals surface area contributed by atoms with Gasteiger partial charge in [0.1, 0.15) is 5.82 Å². The Balaban J connectivity index is 1.61. The lowest BCUT2D eigenvalue weighted by Crippen LogP contribution is -2.18. The molecule has 7 nitrogen and oxygen atoms in total. The largest absolute Gasteiger partial charge is 0.326 e. The normalized spacial score (nSPS) is 10.8. The van der Waals surface area contributed by atoms with Gasteiger partial charge in [-0.15, -0.1) is 10.2 Å². The molecule has 1 aromatic heterocycles. The first-order chi connectivity index (χ1) is 15.8. The summed E-state index contributed by atoms with van der Waals surface area (Å²) >= 11 is 1.32. The van der Waals surface area contributed by atoms with Crippen LogP contribution < -0.4 is 10.6 Å². The fraction of sp³-hybridized carbons (Fsp3) is 0.360. The highest BCUT2D eigenvalue weighted by Crippen LogP contribution is 2.23. The highest BCUT2D eigenvalue weighted by Gasteiger charge is 2.17. The number of anilines is 2. The Labute approximate surface area is 199 Å². The Morgan fingerprint density at radius 1 is 0.939 bits per heavy atom. The second-order valence-electron chi connectivity index (χ2n) is 7.97. The second kappa shape index (κ2) is 11.1. The van der Waals surface area contributed by atoms with Gasteiger partial charge in [-0.05, 0) is 68.5 Å². The Morgan fingerprint density at radius 3 is 2.42 bits per heavy atom. The molecular formula is C25H31N5O2S. The lowest BCUT2D eigenvalue weighted by atomic mass is 10.1. The zero-order chi connectivity index (χ0) is 24.0. The lowest BCUT2D eigenvalue weighted by Gasteiger charge is -2.13. The average Bonchev–Trinajstić information content (AvgIpc) is 3.17. The molecule has 0 saturated carbocycles. The maximum atomic E-state index is 12.6. The van der Waals surface area contributed by atoms with Gasteiger partial charge in [0.15, 0.2) is 5.16 Å². The van der Waals surface area contributed by atoms with Crippen molar-refractivity contribution in [3.8, 4) is 0 Å². The number of carbonyl (C=O) groups excluding carboxylic acids is 2. The third kappa shape index (κ3) is 6.22. The number of amides is 2. The maximum absolute atomic E-state index is 12.6. The lowest BCUT2D eigenvalue weighted by molar-refractivity contribution is -0.116. The number of nitrogens with one attached hydrogen (secondary N) is 2. The molecule has 1 heterocycles. The van der Waals surface area contributed by atoms with E-state index < -0.39 is 0 Å². The van der Waals surface area contributed by atoms with Crippen molar-refractivity contribution in [3.63, 3.8) is 0 Å². The number of nitrogens with zero attached hydrogens (tertiary/aromatic N) is 3. The van der Waals surface area contributed by atoms with Gasteiger partial charge in [0, 0.05) is 17.9 Å². The van der Waals surface area contributed by atoms with Crippen LogP contribution in [0.3, 0.4) is 0 Å². The van der Waals surface area contributed by atoms with E-state index in [-0.39, 0.29) is 24.0 Å². The van der Waals surface area contributed by atoms with Gasteiger partial charge in [-0.2, -0.15) is 0 Å². The van der Waals surface area contributed by atoms with Crippen LogP contribution in [-0.2, 0) is 29.0 Å². The standard InChI is InChI=1S/C25H31N5O2S/c1-6-19-10-8-9-17(4)24(19)27-23(32)15-33-25-29-28-21(30(25)7-2)14-22(31)26-20-12-11-16(3)18(5)13-20/h8-13H,6-7,14-15H2,1-5H3,(H,26,31)(H,27,32). The quantitative estimate of drug-likeness (QED) is 0.447. The molecule has 0 unspecified atom stereocenters. The number of para-hydroxylation sites is 1. The summed E-state index contributed by atoms with van der Waals surface area (Å²) in [6, 6.07) is 11.8. The molecule has 2 amide bonds. The average molecular weight is 466 g/mol. The zero-order valence-corrected chi connectivity index (χ0v) is 20.7. The molecule has 0 atom stereocenters. The highest BCUT2D eigenvalue weighted by atomic mass is 32.2. The van der Waals surface area contributed by atoms with E-state index in [2.05, 4.69) is 27.8 Å². The van der Waals surface area contributed by atoms with Crippen molar-refractivity contribution in [1.29, 1.82) is 0 Å². The molecule has 0 saturated heterocycles. The van der Waals surface area contributed by atoms with Crippen LogP contribution in [0.15, 0.2) is 41.6 Å². The fourth-order valence-corrected chi connectivity index (χ4v) is 4.37. The first-order valence-corrected chi connectivity index (χ1v) is 12.1. The molecule has 0 spiro atoms. The number of benzene rings is 2. The second-order valence-corrected chi connectivity index (χ2v) is 8.91. The van der Waals surface area contributed by atoms with E-state index in [1.165, 1.54) is 17.3 Å². The number of rotatable bonds is 9. The van der Waals surface area contributed by atoms with E-state index in [0.717, 1.165) is 34.5 Å². The SMILES string of the molecule is CCc1cccc(C)c1NC(=O)CSc1nnc(CC(=O)Nc2ccc(C)c(C)c2)n1CC. The van der Waals surface area contributed by atoms with E-state index in [1.54, 1.807) is 0 Å². The van der Waals surface area contributed by atoms with Crippen molar-refractivity contribution >= 4 is 35.0 Å². The van der Waals surface area contributed by atoms with Crippen LogP contribution in [-0.4, -0.2) is 32.3 Å². The van der Waals surface area contributed by atoms with Gasteiger partial charge in [0.05, 0.1) is 12.2 Å². The molecular weight excluding hydrogens is 434 g/mol. The van der Waals surface area contributed by atoms with E-state index >= 15 is 0 Å². The van der Waals surface area contributed by atoms with E-state index in [0.29, 0.717) is 17.5 Å². The molecule has 0 aliphatic carbocycles. The Hall–Kier alpha value is -3.13. The molecule has 33 heavy (non-hydrogen) atoms. The van der Waals surface area contributed by atoms with Crippen molar-refractivity contribution in [2.75, 3.05) is 16.4 Å². The van der Waals surface area contributed by atoms with E-state index in [1.807, 2.05) is 68.7 Å². The third-order valence-corrected chi connectivity index (χ3v) is 6.52. The summed E-state index contributed by atoms with van der Waals surface area (Å²) in [5.74, 6) is 0.545. The zero-order valence-electron chi connectivity index (χ0n) is 19.9. The van der Waals surface area contributed by atoms with Crippen LogP contribution in [0.1, 0.15) is 41.9 Å². The molecule has 174 valence electrons. The predicted molar refractivity (Wildman–Crippen MR) is 134 cm³/mol. The van der Waals surface area contributed by atoms with Crippen molar-refractivity contribution in [3.05, 3.63) is 64.5 Å².